The lowest BCUT2D eigenvalue weighted by atomic mass is 10.1. The van der Waals surface area contributed by atoms with Crippen LogP contribution in [0.3, 0.4) is 0 Å². The highest BCUT2D eigenvalue weighted by Crippen LogP contribution is 2.31. The number of hydrogen-bond donors (Lipinski definition) is 3. The molecule has 0 fully saturated rings. The van der Waals surface area contributed by atoms with Gasteiger partial charge in [-0.3, -0.25) is 9.78 Å². The normalized spacial score (nSPS) is 10.8. The van der Waals surface area contributed by atoms with E-state index in [2.05, 4.69) is 35.6 Å². The van der Waals surface area contributed by atoms with Crippen molar-refractivity contribution in [3.63, 3.8) is 0 Å². The van der Waals surface area contributed by atoms with E-state index in [1.165, 1.54) is 18.6 Å². The summed E-state index contributed by atoms with van der Waals surface area (Å²) in [6.07, 6.45) is 6.17. The van der Waals surface area contributed by atoms with E-state index in [1.54, 1.807) is 24.4 Å². The number of fused-ring (bicyclic) bond motifs is 1. The first-order valence-corrected chi connectivity index (χ1v) is 10.5. The Hall–Kier alpha value is -4.30. The number of rotatable bonds is 5. The Labute approximate surface area is 194 Å². The number of carbonyl (C=O) groups is 1. The number of H-pyrrole nitrogens is 1. The molecule has 2 aromatic carbocycles. The number of aromatic nitrogens is 5. The summed E-state index contributed by atoms with van der Waals surface area (Å²) in [5, 5.41) is 6.41. The fourth-order valence-corrected chi connectivity index (χ4v) is 3.62. The summed E-state index contributed by atoms with van der Waals surface area (Å²) >= 11 is 6.45. The number of nitrogens with one attached hydrogen (secondary N) is 3. The zero-order valence-electron chi connectivity index (χ0n) is 17.5. The van der Waals surface area contributed by atoms with Crippen molar-refractivity contribution in [1.29, 1.82) is 0 Å². The summed E-state index contributed by atoms with van der Waals surface area (Å²) < 4.78 is 0. The van der Waals surface area contributed by atoms with Crippen molar-refractivity contribution in [1.82, 2.24) is 24.9 Å². The number of nitrogens with zero attached hydrogens (tertiary/aromatic N) is 4. The Morgan fingerprint density at radius 3 is 2.52 bits per heavy atom. The molecule has 0 saturated carbocycles. The molecule has 0 radical (unpaired) electrons. The molecule has 0 spiro atoms. The average Bonchev–Trinajstić information content (AvgIpc) is 3.29. The van der Waals surface area contributed by atoms with Gasteiger partial charge in [0.1, 0.15) is 11.5 Å². The van der Waals surface area contributed by atoms with Gasteiger partial charge in [0.25, 0.3) is 5.91 Å². The lowest BCUT2D eigenvalue weighted by molar-refractivity contribution is 0.102. The third-order valence-electron chi connectivity index (χ3n) is 5.12. The first-order valence-electron chi connectivity index (χ1n) is 10.1. The van der Waals surface area contributed by atoms with Crippen LogP contribution in [0.1, 0.15) is 10.5 Å². The summed E-state index contributed by atoms with van der Waals surface area (Å²) in [5.41, 5.74) is 5.84. The minimum absolute atomic E-state index is 0.220. The number of pyridine rings is 1. The topological polar surface area (TPSA) is 108 Å². The van der Waals surface area contributed by atoms with E-state index in [4.69, 9.17) is 11.6 Å². The third-order valence-corrected chi connectivity index (χ3v) is 5.45. The molecule has 1 amide bonds. The molecule has 0 bridgehead atoms. The van der Waals surface area contributed by atoms with Crippen LogP contribution in [-0.4, -0.2) is 37.9 Å². The zero-order valence-corrected chi connectivity index (χ0v) is 18.3. The van der Waals surface area contributed by atoms with Crippen LogP contribution in [-0.2, 0) is 0 Å². The molecule has 33 heavy (non-hydrogen) atoms. The lowest BCUT2D eigenvalue weighted by Crippen LogP contribution is -2.13. The van der Waals surface area contributed by atoms with Crippen molar-refractivity contribution in [2.45, 2.75) is 0 Å². The van der Waals surface area contributed by atoms with Crippen molar-refractivity contribution < 1.29 is 4.79 Å². The Morgan fingerprint density at radius 2 is 1.76 bits per heavy atom. The molecule has 162 valence electrons. The first-order chi connectivity index (χ1) is 16.1. The van der Waals surface area contributed by atoms with E-state index in [9.17, 15) is 4.79 Å². The molecule has 0 saturated heterocycles. The molecule has 5 aromatic rings. The molecule has 9 heteroatoms. The number of halogens is 1. The van der Waals surface area contributed by atoms with Gasteiger partial charge >= 0.3 is 0 Å². The van der Waals surface area contributed by atoms with Crippen LogP contribution in [0.2, 0.25) is 5.02 Å². The predicted octanol–water partition coefficient (Wildman–Crippen LogP) is 5.03. The third kappa shape index (κ3) is 4.24. The van der Waals surface area contributed by atoms with E-state index in [0.29, 0.717) is 27.7 Å². The number of aromatic amines is 1. The smallest absolute Gasteiger partial charge is 0.275 e. The Kier molecular flexibility index (Phi) is 5.42. The average molecular weight is 456 g/mol. The second kappa shape index (κ2) is 8.68. The maximum atomic E-state index is 12.4. The van der Waals surface area contributed by atoms with Crippen LogP contribution in [0, 0.1) is 0 Å². The standard InChI is InChI=1S/C24H18ClN7O/c1-26-16-4-2-14(3-5-16)15-10-20-23(29-12-15)32-22(31-20)18-11-17(6-7-19(18)25)30-24(33)21-13-27-8-9-28-21/h2-13,26H,1H3,(H,30,33)(H,29,31,32). The Balaban J connectivity index is 1.45. The van der Waals surface area contributed by atoms with Crippen molar-refractivity contribution in [3.05, 3.63) is 84.0 Å². The molecular formula is C24H18ClN7O. The molecule has 3 heterocycles. The lowest BCUT2D eigenvalue weighted by Gasteiger charge is -2.07. The summed E-state index contributed by atoms with van der Waals surface area (Å²) in [5.74, 6) is 0.192. The van der Waals surface area contributed by atoms with Gasteiger partial charge in [-0.1, -0.05) is 23.7 Å². The molecule has 0 atom stereocenters. The minimum atomic E-state index is -0.364. The van der Waals surface area contributed by atoms with Crippen molar-refractivity contribution >= 4 is 40.0 Å². The van der Waals surface area contributed by atoms with Gasteiger partial charge in [-0.05, 0) is 42.0 Å². The van der Waals surface area contributed by atoms with E-state index in [1.807, 2.05) is 37.4 Å². The number of hydrogen-bond acceptors (Lipinski definition) is 6. The van der Waals surface area contributed by atoms with Gasteiger partial charge in [0.05, 0.1) is 16.7 Å². The van der Waals surface area contributed by atoms with Gasteiger partial charge in [0.2, 0.25) is 0 Å². The summed E-state index contributed by atoms with van der Waals surface area (Å²) in [6, 6.07) is 15.3. The van der Waals surface area contributed by atoms with E-state index in [0.717, 1.165) is 22.3 Å². The second-order valence-electron chi connectivity index (χ2n) is 7.25. The Morgan fingerprint density at radius 1 is 0.939 bits per heavy atom. The van der Waals surface area contributed by atoms with E-state index in [-0.39, 0.29) is 11.6 Å². The highest BCUT2D eigenvalue weighted by atomic mass is 35.5. The van der Waals surface area contributed by atoms with E-state index < -0.39 is 0 Å². The highest BCUT2D eigenvalue weighted by Gasteiger charge is 2.14. The minimum Gasteiger partial charge on any atom is -0.388 e. The zero-order chi connectivity index (χ0) is 22.8. The van der Waals surface area contributed by atoms with Crippen molar-refractivity contribution in [2.75, 3.05) is 17.7 Å². The van der Waals surface area contributed by atoms with E-state index >= 15 is 0 Å². The molecule has 0 unspecified atom stereocenters. The van der Waals surface area contributed by atoms with Crippen LogP contribution in [0.5, 0.6) is 0 Å². The maximum Gasteiger partial charge on any atom is 0.275 e. The SMILES string of the molecule is CNc1ccc(-c2cnc3nc(-c4cc(NC(=O)c5cnccn5)ccc4Cl)[nH]c3c2)cc1. The number of imidazole rings is 1. The van der Waals surface area contributed by atoms with Crippen LogP contribution in [0.15, 0.2) is 73.3 Å². The van der Waals surface area contributed by atoms with Gasteiger partial charge in [-0.25, -0.2) is 15.0 Å². The molecular weight excluding hydrogens is 438 g/mol. The molecule has 0 aliphatic rings. The second-order valence-corrected chi connectivity index (χ2v) is 7.65. The fraction of sp³-hybridized carbons (Fsp3) is 0.0417. The molecule has 0 aliphatic carbocycles. The number of amides is 1. The maximum absolute atomic E-state index is 12.4. The first kappa shape index (κ1) is 20.6. The summed E-state index contributed by atoms with van der Waals surface area (Å²) in [4.78, 5) is 32.7. The highest BCUT2D eigenvalue weighted by molar-refractivity contribution is 6.33. The summed E-state index contributed by atoms with van der Waals surface area (Å²) in [6.45, 7) is 0. The van der Waals surface area contributed by atoms with Crippen molar-refractivity contribution in [3.8, 4) is 22.5 Å². The summed E-state index contributed by atoms with van der Waals surface area (Å²) in [7, 11) is 1.88. The monoisotopic (exact) mass is 455 g/mol. The van der Waals surface area contributed by atoms with Crippen LogP contribution in [0.25, 0.3) is 33.7 Å². The number of benzene rings is 2. The van der Waals surface area contributed by atoms with Crippen LogP contribution < -0.4 is 10.6 Å². The quantitative estimate of drug-likeness (QED) is 0.343. The van der Waals surface area contributed by atoms with Crippen LogP contribution in [0.4, 0.5) is 11.4 Å². The van der Waals surface area contributed by atoms with Gasteiger partial charge in [-0.2, -0.15) is 0 Å². The number of anilines is 2. The molecule has 0 aliphatic heterocycles. The predicted molar refractivity (Wildman–Crippen MR) is 129 cm³/mol. The van der Waals surface area contributed by atoms with Gasteiger partial charge in [-0.15, -0.1) is 0 Å². The van der Waals surface area contributed by atoms with Crippen LogP contribution >= 0.6 is 11.6 Å². The molecule has 3 aromatic heterocycles. The molecule has 3 N–H and O–H groups in total. The number of carbonyl (C=O) groups excluding carboxylic acids is 1. The largest absolute Gasteiger partial charge is 0.388 e. The molecule has 8 nitrogen and oxygen atoms in total. The fourth-order valence-electron chi connectivity index (χ4n) is 3.41. The van der Waals surface area contributed by atoms with Gasteiger partial charge < -0.3 is 15.6 Å². The van der Waals surface area contributed by atoms with Crippen molar-refractivity contribution in [2.24, 2.45) is 0 Å². The molecule has 5 rings (SSSR count). The van der Waals surface area contributed by atoms with Gasteiger partial charge in [0, 0.05) is 48.1 Å². The van der Waals surface area contributed by atoms with Gasteiger partial charge in [0.15, 0.2) is 5.65 Å². The Bertz CT molecular complexity index is 1450.